The Morgan fingerprint density at radius 2 is 0.952 bits per heavy atom. The molecular formula is C15H26O6. The fourth-order valence-electron chi connectivity index (χ4n) is 1.63. The second kappa shape index (κ2) is 8.00. The van der Waals surface area contributed by atoms with Crippen molar-refractivity contribution >= 4 is 17.9 Å². The van der Waals surface area contributed by atoms with Crippen LogP contribution < -0.4 is 0 Å². The van der Waals surface area contributed by atoms with Gasteiger partial charge in [-0.25, -0.2) is 0 Å². The van der Waals surface area contributed by atoms with Gasteiger partial charge in [-0.05, 0) is 48.0 Å². The summed E-state index contributed by atoms with van der Waals surface area (Å²) in [7, 11) is 0. The zero-order chi connectivity index (χ0) is 16.8. The minimum absolute atomic E-state index is 0.0876. The second-order valence-electron chi connectivity index (χ2n) is 5.62. The molecule has 0 heterocycles. The molecule has 0 aromatic rings. The van der Waals surface area contributed by atoms with Crippen LogP contribution in [0.15, 0.2) is 0 Å². The highest BCUT2D eigenvalue weighted by atomic mass is 16.6. The van der Waals surface area contributed by atoms with Gasteiger partial charge in [0.1, 0.15) is 0 Å². The average molecular weight is 302 g/mol. The van der Waals surface area contributed by atoms with Crippen molar-refractivity contribution in [1.29, 1.82) is 0 Å². The quantitative estimate of drug-likeness (QED) is 0.408. The van der Waals surface area contributed by atoms with Gasteiger partial charge in [0, 0.05) is 0 Å². The molecule has 122 valence electrons. The summed E-state index contributed by atoms with van der Waals surface area (Å²) >= 11 is 0. The van der Waals surface area contributed by atoms with Crippen molar-refractivity contribution < 1.29 is 28.6 Å². The third kappa shape index (κ3) is 5.02. The molecule has 6 heteroatoms. The van der Waals surface area contributed by atoms with Gasteiger partial charge in [0.15, 0.2) is 0 Å². The van der Waals surface area contributed by atoms with Crippen LogP contribution in [0.4, 0.5) is 0 Å². The van der Waals surface area contributed by atoms with Crippen molar-refractivity contribution in [2.45, 2.75) is 73.2 Å². The molecule has 0 aromatic heterocycles. The topological polar surface area (TPSA) is 78.9 Å². The van der Waals surface area contributed by atoms with Crippen molar-refractivity contribution in [3.8, 4) is 0 Å². The Morgan fingerprint density at radius 3 is 1.10 bits per heavy atom. The van der Waals surface area contributed by atoms with Crippen molar-refractivity contribution in [2.24, 2.45) is 5.41 Å². The smallest absolute Gasteiger partial charge is 0.335 e. The predicted octanol–water partition coefficient (Wildman–Crippen LogP) is 2.24. The lowest BCUT2D eigenvalue weighted by atomic mass is 9.85. The van der Waals surface area contributed by atoms with Crippen LogP contribution in [0.3, 0.4) is 0 Å². The summed E-state index contributed by atoms with van der Waals surface area (Å²) < 4.78 is 15.2. The highest BCUT2D eigenvalue weighted by Crippen LogP contribution is 2.30. The first-order valence-electron chi connectivity index (χ1n) is 7.21. The lowest BCUT2D eigenvalue weighted by Gasteiger charge is -2.28. The normalized spacial score (nSPS) is 11.7. The van der Waals surface area contributed by atoms with Gasteiger partial charge in [-0.3, -0.25) is 14.4 Å². The van der Waals surface area contributed by atoms with Gasteiger partial charge >= 0.3 is 17.9 Å². The van der Waals surface area contributed by atoms with E-state index in [2.05, 4.69) is 0 Å². The molecule has 0 atom stereocenters. The first-order valence-corrected chi connectivity index (χ1v) is 7.21. The average Bonchev–Trinajstić information content (AvgIpc) is 2.26. The van der Waals surface area contributed by atoms with Gasteiger partial charge in [0.05, 0.1) is 18.3 Å². The number of rotatable bonds is 7. The first kappa shape index (κ1) is 19.4. The summed E-state index contributed by atoms with van der Waals surface area (Å²) in [5.41, 5.74) is -2.07. The van der Waals surface area contributed by atoms with Gasteiger partial charge in [-0.15, -0.1) is 0 Å². The van der Waals surface area contributed by atoms with Crippen LogP contribution in [0, 0.1) is 5.41 Å². The van der Waals surface area contributed by atoms with Gasteiger partial charge < -0.3 is 14.2 Å². The Balaban J connectivity index is 5.63. The Hall–Kier alpha value is -1.59. The monoisotopic (exact) mass is 302 g/mol. The Kier molecular flexibility index (Phi) is 7.39. The van der Waals surface area contributed by atoms with E-state index in [1.807, 2.05) is 0 Å². The van der Waals surface area contributed by atoms with E-state index in [1.165, 1.54) is 0 Å². The molecule has 0 radical (unpaired) electrons. The fraction of sp³-hybridized carbons (Fsp3) is 0.800. The molecule has 0 unspecified atom stereocenters. The van der Waals surface area contributed by atoms with E-state index in [0.29, 0.717) is 0 Å². The largest absolute Gasteiger partial charge is 0.462 e. The number of carbonyl (C=O) groups excluding carboxylic acids is 3. The molecule has 0 aromatic carbocycles. The number of ether oxygens (including phenoxy) is 3. The Morgan fingerprint density at radius 1 is 0.714 bits per heavy atom. The number of hydrogen-bond acceptors (Lipinski definition) is 6. The van der Waals surface area contributed by atoms with Crippen molar-refractivity contribution in [3.63, 3.8) is 0 Å². The van der Waals surface area contributed by atoms with Crippen LogP contribution in [-0.4, -0.2) is 36.2 Å². The summed E-state index contributed by atoms with van der Waals surface area (Å²) in [6.45, 7) is 11.4. The minimum atomic E-state index is -2.07. The molecular weight excluding hydrogens is 276 g/mol. The molecule has 0 rings (SSSR count). The summed E-state index contributed by atoms with van der Waals surface area (Å²) in [5, 5.41) is 0. The second-order valence-corrected chi connectivity index (χ2v) is 5.62. The third-order valence-corrected chi connectivity index (χ3v) is 2.60. The molecule has 0 saturated heterocycles. The highest BCUT2D eigenvalue weighted by Gasteiger charge is 2.56. The van der Waals surface area contributed by atoms with E-state index >= 15 is 0 Å². The maximum Gasteiger partial charge on any atom is 0.335 e. The predicted molar refractivity (Wildman–Crippen MR) is 76.4 cm³/mol. The molecule has 0 aliphatic rings. The van der Waals surface area contributed by atoms with Crippen LogP contribution in [0.5, 0.6) is 0 Å². The van der Waals surface area contributed by atoms with Crippen LogP contribution in [0.1, 0.15) is 54.9 Å². The molecule has 0 fully saturated rings. The summed E-state index contributed by atoms with van der Waals surface area (Å²) in [6, 6.07) is 0. The van der Waals surface area contributed by atoms with E-state index in [-0.39, 0.29) is 6.42 Å². The van der Waals surface area contributed by atoms with E-state index in [0.717, 1.165) is 0 Å². The van der Waals surface area contributed by atoms with E-state index in [1.54, 1.807) is 48.5 Å². The molecule has 6 nitrogen and oxygen atoms in total. The van der Waals surface area contributed by atoms with Crippen LogP contribution in [0.2, 0.25) is 0 Å². The molecule has 0 saturated carbocycles. The van der Waals surface area contributed by atoms with Crippen molar-refractivity contribution in [2.75, 3.05) is 0 Å². The van der Waals surface area contributed by atoms with Crippen LogP contribution in [0.25, 0.3) is 0 Å². The Labute approximate surface area is 126 Å². The zero-order valence-electron chi connectivity index (χ0n) is 13.9. The maximum absolute atomic E-state index is 12.3. The van der Waals surface area contributed by atoms with Gasteiger partial charge in [0.25, 0.3) is 5.41 Å². The van der Waals surface area contributed by atoms with E-state index in [9.17, 15) is 14.4 Å². The zero-order valence-corrected chi connectivity index (χ0v) is 13.9. The lowest BCUT2D eigenvalue weighted by molar-refractivity contribution is -0.189. The lowest BCUT2D eigenvalue weighted by Crippen LogP contribution is -2.50. The molecule has 0 aliphatic heterocycles. The molecule has 0 aliphatic carbocycles. The summed E-state index contributed by atoms with van der Waals surface area (Å²) in [6.07, 6.45) is -1.46. The third-order valence-electron chi connectivity index (χ3n) is 2.60. The molecule has 21 heavy (non-hydrogen) atoms. The van der Waals surface area contributed by atoms with E-state index < -0.39 is 41.6 Å². The fourth-order valence-corrected chi connectivity index (χ4v) is 1.63. The van der Waals surface area contributed by atoms with Gasteiger partial charge in [-0.1, -0.05) is 6.92 Å². The SMILES string of the molecule is CCC(C(=O)OC(C)C)(C(=O)OC(C)C)C(=O)OC(C)C. The standard InChI is InChI=1S/C15H26O6/c1-8-15(12(16)19-9(2)3,13(17)20-10(4)5)14(18)21-11(6)7/h9-11H,8H2,1-7H3. The Bertz CT molecular complexity index is 329. The van der Waals surface area contributed by atoms with E-state index in [4.69, 9.17) is 14.2 Å². The number of hydrogen-bond donors (Lipinski definition) is 0. The first-order chi connectivity index (χ1) is 9.57. The molecule has 0 spiro atoms. The van der Waals surface area contributed by atoms with Crippen molar-refractivity contribution in [3.05, 3.63) is 0 Å². The summed E-state index contributed by atoms with van der Waals surface area (Å²) in [5.74, 6) is -2.80. The number of carbonyl (C=O) groups is 3. The molecule has 0 N–H and O–H groups in total. The van der Waals surface area contributed by atoms with Crippen LogP contribution in [-0.2, 0) is 28.6 Å². The maximum atomic E-state index is 12.3. The minimum Gasteiger partial charge on any atom is -0.462 e. The van der Waals surface area contributed by atoms with Gasteiger partial charge in [0.2, 0.25) is 0 Å². The van der Waals surface area contributed by atoms with Crippen LogP contribution >= 0.6 is 0 Å². The molecule has 0 bridgehead atoms. The van der Waals surface area contributed by atoms with Crippen molar-refractivity contribution in [1.82, 2.24) is 0 Å². The highest BCUT2D eigenvalue weighted by molar-refractivity contribution is 6.18. The summed E-state index contributed by atoms with van der Waals surface area (Å²) in [4.78, 5) is 37.0. The molecule has 0 amide bonds. The number of esters is 3. The van der Waals surface area contributed by atoms with Gasteiger partial charge in [-0.2, -0.15) is 0 Å².